The fraction of sp³-hybridized carbons (Fsp3) is 0.632. The average molecular weight is 342 g/mol. The van der Waals surface area contributed by atoms with Crippen molar-refractivity contribution in [3.05, 3.63) is 18.3 Å². The molecule has 1 saturated heterocycles. The van der Waals surface area contributed by atoms with E-state index >= 15 is 0 Å². The van der Waals surface area contributed by atoms with E-state index in [1.54, 1.807) is 6.20 Å². The highest BCUT2D eigenvalue weighted by Gasteiger charge is 2.34. The van der Waals surface area contributed by atoms with Crippen molar-refractivity contribution in [2.24, 2.45) is 11.8 Å². The van der Waals surface area contributed by atoms with Gasteiger partial charge in [-0.3, -0.25) is 9.59 Å². The van der Waals surface area contributed by atoms with Crippen LogP contribution in [0, 0.1) is 11.8 Å². The lowest BCUT2D eigenvalue weighted by Crippen LogP contribution is -2.49. The normalized spacial score (nSPS) is 21.4. The number of aromatic nitrogens is 1. The minimum Gasteiger partial charge on any atom is -0.353 e. The van der Waals surface area contributed by atoms with Gasteiger partial charge in [0.25, 0.3) is 0 Å². The summed E-state index contributed by atoms with van der Waals surface area (Å²) < 4.78 is 0. The number of pyridine rings is 1. The Hall–Kier alpha value is -2.11. The van der Waals surface area contributed by atoms with Crippen LogP contribution in [0.3, 0.4) is 0 Å². The van der Waals surface area contributed by atoms with Crippen molar-refractivity contribution in [3.63, 3.8) is 0 Å². The topological polar surface area (TPSA) is 65.5 Å². The fourth-order valence-corrected chi connectivity index (χ4v) is 3.82. The maximum absolute atomic E-state index is 12.2. The largest absolute Gasteiger partial charge is 0.353 e. The third-order valence-corrected chi connectivity index (χ3v) is 5.58. The van der Waals surface area contributed by atoms with Crippen LogP contribution in [0.1, 0.15) is 38.5 Å². The monoisotopic (exact) mass is 342 g/mol. The Bertz CT molecular complexity index is 627. The van der Waals surface area contributed by atoms with E-state index in [-0.39, 0.29) is 11.8 Å². The Balaban J connectivity index is 1.30. The molecule has 6 nitrogen and oxygen atoms in total. The van der Waals surface area contributed by atoms with Crippen LogP contribution in [0.4, 0.5) is 11.5 Å². The molecule has 0 spiro atoms. The van der Waals surface area contributed by atoms with Crippen molar-refractivity contribution in [2.75, 3.05) is 36.4 Å². The average Bonchev–Trinajstić information content (AvgIpc) is 3.35. The maximum atomic E-state index is 12.2. The summed E-state index contributed by atoms with van der Waals surface area (Å²) in [6, 6.07) is 3.89. The molecule has 1 aromatic heterocycles. The van der Waals surface area contributed by atoms with Gasteiger partial charge in [-0.2, -0.15) is 0 Å². The molecule has 1 N–H and O–H groups in total. The highest BCUT2D eigenvalue weighted by Crippen LogP contribution is 2.31. The number of anilines is 2. The minimum atomic E-state index is 0.124. The van der Waals surface area contributed by atoms with Crippen molar-refractivity contribution in [1.82, 2.24) is 9.88 Å². The zero-order chi connectivity index (χ0) is 17.2. The minimum absolute atomic E-state index is 0.124. The molecule has 2 saturated carbocycles. The molecule has 3 fully saturated rings. The van der Waals surface area contributed by atoms with Crippen molar-refractivity contribution < 1.29 is 9.59 Å². The van der Waals surface area contributed by atoms with E-state index in [2.05, 4.69) is 15.2 Å². The zero-order valence-electron chi connectivity index (χ0n) is 14.6. The van der Waals surface area contributed by atoms with Gasteiger partial charge in [-0.05, 0) is 37.8 Å². The SMILES string of the molecule is O=C(Nc1ccc(N2CCN(C(=O)C3CC3)CC2)nc1)C1CCCC1. The van der Waals surface area contributed by atoms with Crippen LogP contribution in [-0.4, -0.2) is 47.9 Å². The van der Waals surface area contributed by atoms with Gasteiger partial charge in [-0.25, -0.2) is 4.98 Å². The third-order valence-electron chi connectivity index (χ3n) is 5.58. The van der Waals surface area contributed by atoms with Crippen molar-refractivity contribution in [3.8, 4) is 0 Å². The Morgan fingerprint density at radius 1 is 0.960 bits per heavy atom. The second-order valence-corrected chi connectivity index (χ2v) is 7.46. The molecule has 2 aliphatic carbocycles. The van der Waals surface area contributed by atoms with Gasteiger partial charge < -0.3 is 15.1 Å². The van der Waals surface area contributed by atoms with Gasteiger partial charge in [0.15, 0.2) is 0 Å². The number of nitrogens with zero attached hydrogens (tertiary/aromatic N) is 3. The molecule has 2 amide bonds. The first-order valence-electron chi connectivity index (χ1n) is 9.51. The number of carbonyl (C=O) groups is 2. The predicted molar refractivity (Wildman–Crippen MR) is 96.3 cm³/mol. The lowest BCUT2D eigenvalue weighted by molar-refractivity contribution is -0.132. The molecule has 25 heavy (non-hydrogen) atoms. The lowest BCUT2D eigenvalue weighted by Gasteiger charge is -2.35. The Labute approximate surface area is 148 Å². The highest BCUT2D eigenvalue weighted by atomic mass is 16.2. The van der Waals surface area contributed by atoms with Crippen molar-refractivity contribution >= 4 is 23.3 Å². The van der Waals surface area contributed by atoms with E-state index in [9.17, 15) is 9.59 Å². The summed E-state index contributed by atoms with van der Waals surface area (Å²) in [5.74, 6) is 1.83. The fourth-order valence-electron chi connectivity index (χ4n) is 3.82. The third kappa shape index (κ3) is 3.78. The molecule has 0 atom stereocenters. The molecule has 0 aromatic carbocycles. The molecule has 0 radical (unpaired) electrons. The molecule has 2 heterocycles. The van der Waals surface area contributed by atoms with Crippen LogP contribution in [-0.2, 0) is 9.59 Å². The molecule has 134 valence electrons. The molecule has 6 heteroatoms. The van der Waals surface area contributed by atoms with E-state index in [0.717, 1.165) is 76.2 Å². The molecular formula is C19H26N4O2. The number of amides is 2. The summed E-state index contributed by atoms with van der Waals surface area (Å²) in [5, 5.41) is 2.98. The van der Waals surface area contributed by atoms with Crippen LogP contribution in [0.25, 0.3) is 0 Å². The quantitative estimate of drug-likeness (QED) is 0.912. The second kappa shape index (κ2) is 7.02. The van der Waals surface area contributed by atoms with Gasteiger partial charge in [-0.1, -0.05) is 12.8 Å². The van der Waals surface area contributed by atoms with Crippen LogP contribution in [0.2, 0.25) is 0 Å². The van der Waals surface area contributed by atoms with E-state index < -0.39 is 0 Å². The number of hydrogen-bond donors (Lipinski definition) is 1. The first kappa shape index (κ1) is 16.4. The summed E-state index contributed by atoms with van der Waals surface area (Å²) >= 11 is 0. The summed E-state index contributed by atoms with van der Waals surface area (Å²) in [6.45, 7) is 3.19. The summed E-state index contributed by atoms with van der Waals surface area (Å²) in [7, 11) is 0. The Morgan fingerprint density at radius 3 is 2.28 bits per heavy atom. The van der Waals surface area contributed by atoms with E-state index in [1.807, 2.05) is 17.0 Å². The molecule has 1 aliphatic heterocycles. The zero-order valence-corrected chi connectivity index (χ0v) is 14.6. The van der Waals surface area contributed by atoms with E-state index in [1.165, 1.54) is 0 Å². The van der Waals surface area contributed by atoms with Crippen LogP contribution in [0.15, 0.2) is 18.3 Å². The smallest absolute Gasteiger partial charge is 0.227 e. The number of rotatable bonds is 4. The molecule has 3 aliphatic rings. The molecule has 0 unspecified atom stereocenters. The molecule has 4 rings (SSSR count). The number of nitrogens with one attached hydrogen (secondary N) is 1. The van der Waals surface area contributed by atoms with Gasteiger partial charge in [0.1, 0.15) is 5.82 Å². The summed E-state index contributed by atoms with van der Waals surface area (Å²) in [6.07, 6.45) is 8.19. The van der Waals surface area contributed by atoms with Crippen LogP contribution < -0.4 is 10.2 Å². The van der Waals surface area contributed by atoms with E-state index in [0.29, 0.717) is 11.8 Å². The van der Waals surface area contributed by atoms with Gasteiger partial charge in [0.05, 0.1) is 11.9 Å². The Kier molecular flexibility index (Phi) is 4.59. The van der Waals surface area contributed by atoms with Crippen molar-refractivity contribution in [2.45, 2.75) is 38.5 Å². The number of carbonyl (C=O) groups excluding carboxylic acids is 2. The first-order valence-corrected chi connectivity index (χ1v) is 9.51. The van der Waals surface area contributed by atoms with Gasteiger partial charge in [-0.15, -0.1) is 0 Å². The standard InChI is InChI=1S/C19H26N4O2/c24-18(14-3-1-2-4-14)21-16-7-8-17(20-13-16)22-9-11-23(12-10-22)19(25)15-5-6-15/h7-8,13-15H,1-6,9-12H2,(H,21,24). The first-order chi connectivity index (χ1) is 12.2. The van der Waals surface area contributed by atoms with Crippen LogP contribution >= 0.6 is 0 Å². The number of hydrogen-bond acceptors (Lipinski definition) is 4. The highest BCUT2D eigenvalue weighted by molar-refractivity contribution is 5.92. The predicted octanol–water partition coefficient (Wildman–Crippen LogP) is 2.27. The van der Waals surface area contributed by atoms with Gasteiger partial charge >= 0.3 is 0 Å². The van der Waals surface area contributed by atoms with E-state index in [4.69, 9.17) is 0 Å². The molecular weight excluding hydrogens is 316 g/mol. The Morgan fingerprint density at radius 2 is 1.68 bits per heavy atom. The maximum Gasteiger partial charge on any atom is 0.227 e. The summed E-state index contributed by atoms with van der Waals surface area (Å²) in [5.41, 5.74) is 0.767. The molecule has 1 aromatic rings. The van der Waals surface area contributed by atoms with Gasteiger partial charge in [0.2, 0.25) is 11.8 Å². The summed E-state index contributed by atoms with van der Waals surface area (Å²) in [4.78, 5) is 33.0. The van der Waals surface area contributed by atoms with Crippen molar-refractivity contribution in [1.29, 1.82) is 0 Å². The van der Waals surface area contributed by atoms with Gasteiger partial charge in [0, 0.05) is 38.0 Å². The number of piperazine rings is 1. The second-order valence-electron chi connectivity index (χ2n) is 7.46. The van der Waals surface area contributed by atoms with Crippen LogP contribution in [0.5, 0.6) is 0 Å². The molecule has 0 bridgehead atoms. The lowest BCUT2D eigenvalue weighted by atomic mass is 10.1.